The number of nitrogens with one attached hydrogen (secondary N) is 1. The topological polar surface area (TPSA) is 76.6 Å². The number of unbranched alkanes of at least 4 members (excludes halogenated alkanes) is 1. The molecule has 0 atom stereocenters. The molecule has 2 fully saturated rings. The van der Waals surface area contributed by atoms with Crippen LogP contribution in [-0.2, 0) is 15.2 Å². The lowest BCUT2D eigenvalue weighted by Crippen LogP contribution is -2.45. The molecule has 2 aliphatic heterocycles. The van der Waals surface area contributed by atoms with Crippen molar-refractivity contribution in [3.63, 3.8) is 0 Å². The number of rotatable bonds is 8. The predicted molar refractivity (Wildman–Crippen MR) is 126 cm³/mol. The molecular formula is C23H29ClN4O3S. The number of aromatic nitrogens is 2. The maximum atomic E-state index is 12.1. The first-order valence-corrected chi connectivity index (χ1v) is 12.5. The highest BCUT2D eigenvalue weighted by Crippen LogP contribution is 2.33. The van der Waals surface area contributed by atoms with Gasteiger partial charge in [-0.2, -0.15) is 0 Å². The largest absolute Gasteiger partial charge is 0.356 e. The van der Waals surface area contributed by atoms with E-state index in [1.165, 1.54) is 11.8 Å². The lowest BCUT2D eigenvalue weighted by atomic mass is 10.0. The van der Waals surface area contributed by atoms with Gasteiger partial charge in [0.25, 0.3) is 5.91 Å². The third kappa shape index (κ3) is 5.92. The molecule has 1 spiro atoms. The molecule has 0 unspecified atom stereocenters. The normalized spacial score (nSPS) is 17.6. The van der Waals surface area contributed by atoms with Gasteiger partial charge < -0.3 is 19.7 Å². The van der Waals surface area contributed by atoms with E-state index in [2.05, 4.69) is 22.1 Å². The summed E-state index contributed by atoms with van der Waals surface area (Å²) in [5, 5.41) is 4.01. The second kappa shape index (κ2) is 10.8. The van der Waals surface area contributed by atoms with Gasteiger partial charge in [-0.15, -0.1) is 0 Å². The molecule has 0 radical (unpaired) electrons. The molecule has 0 aliphatic carbocycles. The van der Waals surface area contributed by atoms with Gasteiger partial charge >= 0.3 is 0 Å². The molecule has 2 aliphatic rings. The molecule has 3 heterocycles. The van der Waals surface area contributed by atoms with E-state index in [-0.39, 0.29) is 5.91 Å². The van der Waals surface area contributed by atoms with E-state index in [1.54, 1.807) is 0 Å². The molecule has 0 bridgehead atoms. The van der Waals surface area contributed by atoms with Crippen LogP contribution in [0.5, 0.6) is 0 Å². The number of hydrogen-bond acceptors (Lipinski definition) is 7. The molecule has 32 heavy (non-hydrogen) atoms. The SMILES string of the molecule is CCCCNC(=O)c1ccc(CSc2nc(Cl)cc(N3CCC4(CC3)OCCO4)n2)cc1. The van der Waals surface area contributed by atoms with Gasteiger partial charge in [-0.05, 0) is 24.1 Å². The van der Waals surface area contributed by atoms with E-state index < -0.39 is 5.79 Å². The van der Waals surface area contributed by atoms with E-state index in [9.17, 15) is 4.79 Å². The van der Waals surface area contributed by atoms with Crippen LogP contribution in [0.1, 0.15) is 48.5 Å². The summed E-state index contributed by atoms with van der Waals surface area (Å²) >= 11 is 7.83. The summed E-state index contributed by atoms with van der Waals surface area (Å²) in [5.74, 6) is 1.09. The number of halogens is 1. The lowest BCUT2D eigenvalue weighted by molar-refractivity contribution is -0.169. The Balaban J connectivity index is 1.33. The van der Waals surface area contributed by atoms with Gasteiger partial charge in [0.05, 0.1) is 13.2 Å². The third-order valence-corrected chi connectivity index (χ3v) is 6.84. The average Bonchev–Trinajstić information content (AvgIpc) is 3.26. The second-order valence-electron chi connectivity index (χ2n) is 8.02. The Bertz CT molecular complexity index is 912. The molecule has 2 saturated heterocycles. The molecule has 1 N–H and O–H groups in total. The number of benzene rings is 1. The van der Waals surface area contributed by atoms with Crippen LogP contribution in [-0.4, -0.2) is 54.5 Å². The maximum Gasteiger partial charge on any atom is 0.251 e. The number of ether oxygens (including phenoxy) is 2. The second-order valence-corrected chi connectivity index (χ2v) is 9.35. The molecule has 0 saturated carbocycles. The minimum Gasteiger partial charge on any atom is -0.356 e. The van der Waals surface area contributed by atoms with Gasteiger partial charge in [0.2, 0.25) is 0 Å². The monoisotopic (exact) mass is 476 g/mol. The zero-order chi connectivity index (χ0) is 22.4. The number of hydrogen-bond donors (Lipinski definition) is 1. The van der Waals surface area contributed by atoms with Gasteiger partial charge in [0.1, 0.15) is 11.0 Å². The van der Waals surface area contributed by atoms with Crippen LogP contribution in [0.4, 0.5) is 5.82 Å². The summed E-state index contributed by atoms with van der Waals surface area (Å²) in [5.41, 5.74) is 1.77. The quantitative estimate of drug-likeness (QED) is 0.263. The van der Waals surface area contributed by atoms with Crippen molar-refractivity contribution < 1.29 is 14.3 Å². The Kier molecular flexibility index (Phi) is 7.88. The van der Waals surface area contributed by atoms with Crippen LogP contribution in [0, 0.1) is 0 Å². The summed E-state index contributed by atoms with van der Waals surface area (Å²) in [6, 6.07) is 9.47. The molecule has 4 rings (SSSR count). The Morgan fingerprint density at radius 2 is 1.91 bits per heavy atom. The van der Waals surface area contributed by atoms with Crippen molar-refractivity contribution in [3.05, 3.63) is 46.6 Å². The van der Waals surface area contributed by atoms with E-state index in [0.29, 0.717) is 41.4 Å². The number of carbonyl (C=O) groups excluding carboxylic acids is 1. The first-order valence-electron chi connectivity index (χ1n) is 11.1. The molecule has 1 amide bonds. The molecule has 1 aromatic carbocycles. The van der Waals surface area contributed by atoms with Crippen molar-refractivity contribution in [1.29, 1.82) is 0 Å². The van der Waals surface area contributed by atoms with Crippen molar-refractivity contribution in [2.75, 3.05) is 37.7 Å². The highest BCUT2D eigenvalue weighted by Gasteiger charge is 2.40. The number of carbonyl (C=O) groups is 1. The average molecular weight is 477 g/mol. The Morgan fingerprint density at radius 3 is 2.59 bits per heavy atom. The van der Waals surface area contributed by atoms with Crippen LogP contribution in [0.25, 0.3) is 0 Å². The van der Waals surface area contributed by atoms with Crippen molar-refractivity contribution in [2.45, 2.75) is 49.3 Å². The van der Waals surface area contributed by atoms with Crippen LogP contribution >= 0.6 is 23.4 Å². The smallest absolute Gasteiger partial charge is 0.251 e. The van der Waals surface area contributed by atoms with Crippen LogP contribution in [0.2, 0.25) is 5.15 Å². The van der Waals surface area contributed by atoms with Crippen LogP contribution in [0.15, 0.2) is 35.5 Å². The highest BCUT2D eigenvalue weighted by molar-refractivity contribution is 7.98. The Morgan fingerprint density at radius 1 is 1.19 bits per heavy atom. The summed E-state index contributed by atoms with van der Waals surface area (Å²) in [7, 11) is 0. The fourth-order valence-corrected chi connectivity index (χ4v) is 4.89. The van der Waals surface area contributed by atoms with Crippen molar-refractivity contribution >= 4 is 35.1 Å². The zero-order valence-electron chi connectivity index (χ0n) is 18.3. The predicted octanol–water partition coefficient (Wildman–Crippen LogP) is 4.30. The van der Waals surface area contributed by atoms with Crippen molar-refractivity contribution in [2.24, 2.45) is 0 Å². The van der Waals surface area contributed by atoms with E-state index in [0.717, 1.165) is 50.2 Å². The molecule has 172 valence electrons. The number of piperidine rings is 1. The van der Waals surface area contributed by atoms with Crippen LogP contribution < -0.4 is 10.2 Å². The van der Waals surface area contributed by atoms with Gasteiger partial charge in [-0.1, -0.05) is 48.8 Å². The van der Waals surface area contributed by atoms with E-state index in [1.807, 2.05) is 30.3 Å². The Labute approximate surface area is 198 Å². The summed E-state index contributed by atoms with van der Waals surface area (Å²) < 4.78 is 11.6. The Hall–Kier alpha value is -1.87. The lowest BCUT2D eigenvalue weighted by Gasteiger charge is -2.38. The summed E-state index contributed by atoms with van der Waals surface area (Å²) in [6.07, 6.45) is 3.68. The molecular weight excluding hydrogens is 448 g/mol. The summed E-state index contributed by atoms with van der Waals surface area (Å²) in [4.78, 5) is 23.5. The van der Waals surface area contributed by atoms with Gasteiger partial charge in [0.15, 0.2) is 10.9 Å². The van der Waals surface area contributed by atoms with Gasteiger partial charge in [-0.3, -0.25) is 4.79 Å². The number of anilines is 1. The number of amides is 1. The molecule has 7 nitrogen and oxygen atoms in total. The van der Waals surface area contributed by atoms with Crippen molar-refractivity contribution in [3.8, 4) is 0 Å². The molecule has 1 aromatic heterocycles. The highest BCUT2D eigenvalue weighted by atomic mass is 35.5. The van der Waals surface area contributed by atoms with E-state index in [4.69, 9.17) is 26.1 Å². The minimum atomic E-state index is -0.413. The van der Waals surface area contributed by atoms with Crippen molar-refractivity contribution in [1.82, 2.24) is 15.3 Å². The number of thioether (sulfide) groups is 1. The van der Waals surface area contributed by atoms with Gasteiger partial charge in [0, 0.05) is 49.9 Å². The maximum absolute atomic E-state index is 12.1. The van der Waals surface area contributed by atoms with Crippen LogP contribution in [0.3, 0.4) is 0 Å². The van der Waals surface area contributed by atoms with E-state index >= 15 is 0 Å². The first-order chi connectivity index (χ1) is 15.6. The first kappa shape index (κ1) is 23.3. The fourth-order valence-electron chi connectivity index (χ4n) is 3.86. The fraction of sp³-hybridized carbons (Fsp3) is 0.522. The standard InChI is InChI=1S/C23H29ClN4O3S/c1-2-3-10-25-21(29)18-6-4-17(5-7-18)16-32-22-26-19(24)15-20(27-22)28-11-8-23(9-12-28)30-13-14-31-23/h4-7,15H,2-3,8-14,16H2,1H3,(H,25,29). The summed E-state index contributed by atoms with van der Waals surface area (Å²) in [6.45, 7) is 5.76. The van der Waals surface area contributed by atoms with Gasteiger partial charge in [-0.25, -0.2) is 9.97 Å². The zero-order valence-corrected chi connectivity index (χ0v) is 19.9. The number of nitrogens with zero attached hydrogens (tertiary/aromatic N) is 3. The minimum absolute atomic E-state index is 0.0304. The third-order valence-electron chi connectivity index (χ3n) is 5.72. The molecule has 9 heteroatoms. The molecule has 2 aromatic rings.